The zero-order valence-electron chi connectivity index (χ0n) is 11.9. The quantitative estimate of drug-likeness (QED) is 0.623. The van der Waals surface area contributed by atoms with Gasteiger partial charge in [0.1, 0.15) is 10.7 Å². The molecule has 0 radical (unpaired) electrons. The van der Waals surface area contributed by atoms with Crippen molar-refractivity contribution in [1.29, 1.82) is 0 Å². The minimum Gasteiger partial charge on any atom is -0.224 e. The van der Waals surface area contributed by atoms with Crippen LogP contribution in [0.4, 0.5) is 4.39 Å². The number of benzene rings is 1. The molecule has 21 heavy (non-hydrogen) atoms. The Morgan fingerprint density at radius 3 is 2.29 bits per heavy atom. The second-order valence-corrected chi connectivity index (χ2v) is 9.34. The van der Waals surface area contributed by atoms with Gasteiger partial charge in [-0.1, -0.05) is 0 Å². The van der Waals surface area contributed by atoms with Crippen molar-refractivity contribution in [3.05, 3.63) is 24.0 Å². The molecule has 120 valence electrons. The van der Waals surface area contributed by atoms with Gasteiger partial charge in [0.15, 0.2) is 9.84 Å². The van der Waals surface area contributed by atoms with Crippen molar-refractivity contribution in [2.45, 2.75) is 35.6 Å². The maximum absolute atomic E-state index is 13.8. The molecule has 0 aliphatic rings. The van der Waals surface area contributed by atoms with Gasteiger partial charge in [-0.2, -0.15) is 0 Å². The molecule has 0 spiro atoms. The van der Waals surface area contributed by atoms with Crippen LogP contribution in [0.15, 0.2) is 28.0 Å². The topological polar surface area (TPSA) is 80.3 Å². The van der Waals surface area contributed by atoms with Crippen LogP contribution in [0.2, 0.25) is 0 Å². The lowest BCUT2D eigenvalue weighted by molar-refractivity contribution is 0.439. The summed E-state index contributed by atoms with van der Waals surface area (Å²) in [7, 11) is -7.84. The molecule has 0 saturated heterocycles. The average Bonchev–Trinajstić information content (AvgIpc) is 2.25. The van der Waals surface area contributed by atoms with Gasteiger partial charge in [-0.3, -0.25) is 0 Å². The lowest BCUT2D eigenvalue weighted by Gasteiger charge is -2.25. The summed E-state index contributed by atoms with van der Waals surface area (Å²) in [6.07, 6.45) is 1.25. The molecule has 5 nitrogen and oxygen atoms in total. The minimum absolute atomic E-state index is 0.224. The molecule has 1 aromatic rings. The lowest BCUT2D eigenvalue weighted by atomic mass is 10.0. The number of hydrogen-bond donors (Lipinski definition) is 1. The van der Waals surface area contributed by atoms with Gasteiger partial charge in [-0.25, -0.2) is 25.9 Å². The molecule has 0 aliphatic heterocycles. The molecule has 0 atom stereocenters. The summed E-state index contributed by atoms with van der Waals surface area (Å²) < 4.78 is 63.5. The van der Waals surface area contributed by atoms with E-state index in [2.05, 4.69) is 4.72 Å². The van der Waals surface area contributed by atoms with Crippen LogP contribution in [-0.2, 0) is 19.9 Å². The molecule has 0 saturated carbocycles. The van der Waals surface area contributed by atoms with E-state index in [1.807, 2.05) is 0 Å². The number of alkyl halides is 1. The summed E-state index contributed by atoms with van der Waals surface area (Å²) in [5.41, 5.74) is -0.881. The van der Waals surface area contributed by atoms with Crippen molar-refractivity contribution in [2.24, 2.45) is 0 Å². The Morgan fingerprint density at radius 2 is 1.81 bits per heavy atom. The van der Waals surface area contributed by atoms with Gasteiger partial charge in [0.25, 0.3) is 0 Å². The van der Waals surface area contributed by atoms with Crippen molar-refractivity contribution in [3.8, 4) is 0 Å². The van der Waals surface area contributed by atoms with Crippen molar-refractivity contribution in [3.63, 3.8) is 0 Å². The van der Waals surface area contributed by atoms with Crippen LogP contribution < -0.4 is 4.72 Å². The summed E-state index contributed by atoms with van der Waals surface area (Å²) in [5.74, 6) is -0.793. The summed E-state index contributed by atoms with van der Waals surface area (Å²) in [6.45, 7) is 3.20. The van der Waals surface area contributed by atoms with Crippen molar-refractivity contribution < 1.29 is 21.2 Å². The number of sulfone groups is 1. The maximum atomic E-state index is 13.8. The molecule has 1 N–H and O–H groups in total. The Bertz CT molecular complexity index is 730. The van der Waals surface area contributed by atoms with E-state index >= 15 is 0 Å². The number of rotatable bonds is 6. The first-order valence-corrected chi connectivity index (χ1v) is 9.89. The van der Waals surface area contributed by atoms with Gasteiger partial charge in [0.05, 0.1) is 4.90 Å². The van der Waals surface area contributed by atoms with E-state index in [-0.39, 0.29) is 10.8 Å². The SMILES string of the molecule is CC(C)(CCCl)NS(=O)(=O)c1cc(S(C)(=O)=O)ccc1F. The van der Waals surface area contributed by atoms with Crippen LogP contribution >= 0.6 is 11.6 Å². The summed E-state index contributed by atoms with van der Waals surface area (Å²) in [6, 6.07) is 2.65. The largest absolute Gasteiger partial charge is 0.244 e. The smallest absolute Gasteiger partial charge is 0.224 e. The highest BCUT2D eigenvalue weighted by Crippen LogP contribution is 2.22. The van der Waals surface area contributed by atoms with Crippen molar-refractivity contribution >= 4 is 31.5 Å². The average molecular weight is 358 g/mol. The fourth-order valence-electron chi connectivity index (χ4n) is 1.63. The van der Waals surface area contributed by atoms with E-state index in [1.165, 1.54) is 0 Å². The van der Waals surface area contributed by atoms with E-state index in [1.54, 1.807) is 13.8 Å². The second kappa shape index (κ2) is 6.20. The third-order valence-electron chi connectivity index (χ3n) is 2.75. The van der Waals surface area contributed by atoms with Crippen LogP contribution in [0.3, 0.4) is 0 Å². The van der Waals surface area contributed by atoms with E-state index in [4.69, 9.17) is 11.6 Å². The number of sulfonamides is 1. The summed E-state index contributed by atoms with van der Waals surface area (Å²) >= 11 is 5.59. The van der Waals surface area contributed by atoms with Gasteiger partial charge in [0.2, 0.25) is 10.0 Å². The van der Waals surface area contributed by atoms with Crippen LogP contribution in [0, 0.1) is 5.82 Å². The predicted octanol–water partition coefficient (Wildman–Crippen LogP) is 1.92. The highest BCUT2D eigenvalue weighted by molar-refractivity contribution is 7.91. The Balaban J connectivity index is 3.32. The zero-order chi connectivity index (χ0) is 16.5. The van der Waals surface area contributed by atoms with Crippen molar-refractivity contribution in [1.82, 2.24) is 4.72 Å². The third kappa shape index (κ3) is 4.91. The van der Waals surface area contributed by atoms with Gasteiger partial charge in [-0.15, -0.1) is 11.6 Å². The van der Waals surface area contributed by atoms with Crippen LogP contribution in [0.25, 0.3) is 0 Å². The third-order valence-corrected chi connectivity index (χ3v) is 5.76. The Hall–Kier alpha value is -0.700. The highest BCUT2D eigenvalue weighted by atomic mass is 35.5. The summed E-state index contributed by atoms with van der Waals surface area (Å²) in [5, 5.41) is 0. The lowest BCUT2D eigenvalue weighted by Crippen LogP contribution is -2.43. The number of hydrogen-bond acceptors (Lipinski definition) is 4. The molecule has 0 fully saturated rings. The van der Waals surface area contributed by atoms with Gasteiger partial charge in [-0.05, 0) is 38.5 Å². The Morgan fingerprint density at radius 1 is 1.24 bits per heavy atom. The van der Waals surface area contributed by atoms with E-state index in [0.717, 1.165) is 24.5 Å². The molecule has 0 heterocycles. The molecule has 0 unspecified atom stereocenters. The Labute approximate surface area is 129 Å². The Kier molecular flexibility index (Phi) is 5.41. The molecule has 0 aromatic heterocycles. The zero-order valence-corrected chi connectivity index (χ0v) is 14.2. The van der Waals surface area contributed by atoms with Crippen molar-refractivity contribution in [2.75, 3.05) is 12.1 Å². The van der Waals surface area contributed by atoms with Crippen LogP contribution in [0.1, 0.15) is 20.3 Å². The van der Waals surface area contributed by atoms with Gasteiger partial charge >= 0.3 is 0 Å². The fraction of sp³-hybridized carbons (Fsp3) is 0.500. The van der Waals surface area contributed by atoms with E-state index in [9.17, 15) is 21.2 Å². The second-order valence-electron chi connectivity index (χ2n) is 5.29. The van der Waals surface area contributed by atoms with Gasteiger partial charge in [0, 0.05) is 17.7 Å². The first-order valence-electron chi connectivity index (χ1n) is 5.99. The maximum Gasteiger partial charge on any atom is 0.244 e. The number of nitrogens with one attached hydrogen (secondary N) is 1. The first kappa shape index (κ1) is 18.3. The van der Waals surface area contributed by atoms with Crippen LogP contribution in [-0.4, -0.2) is 34.5 Å². The number of halogens is 2. The molecule has 9 heteroatoms. The molecule has 0 amide bonds. The first-order chi connectivity index (χ1) is 9.39. The summed E-state index contributed by atoms with van der Waals surface area (Å²) in [4.78, 5) is -0.965. The fourth-order valence-corrected chi connectivity index (χ4v) is 4.37. The minimum atomic E-state index is -4.20. The normalized spacial score (nSPS) is 13.4. The molecular formula is C12H17ClFNO4S2. The standard InChI is InChI=1S/C12H17ClFNO4S2/c1-12(2,6-7-13)15-21(18,19)11-8-9(20(3,16)17)4-5-10(11)14/h4-5,8,15H,6-7H2,1-3H3. The molecule has 0 bridgehead atoms. The van der Waals surface area contributed by atoms with Gasteiger partial charge < -0.3 is 0 Å². The molecule has 0 aliphatic carbocycles. The monoisotopic (exact) mass is 357 g/mol. The highest BCUT2D eigenvalue weighted by Gasteiger charge is 2.28. The van der Waals surface area contributed by atoms with E-state index in [0.29, 0.717) is 6.42 Å². The van der Waals surface area contributed by atoms with Crippen LogP contribution in [0.5, 0.6) is 0 Å². The predicted molar refractivity (Wildman–Crippen MR) is 79.2 cm³/mol. The molecule has 1 aromatic carbocycles. The molecular weight excluding hydrogens is 341 g/mol. The molecule has 1 rings (SSSR count). The van der Waals surface area contributed by atoms with E-state index < -0.39 is 36.1 Å².